The van der Waals surface area contributed by atoms with E-state index in [2.05, 4.69) is 0 Å². The summed E-state index contributed by atoms with van der Waals surface area (Å²) >= 11 is 0. The largest absolute Gasteiger partial charge is 0.334 e. The molecule has 0 heterocycles. The lowest BCUT2D eigenvalue weighted by Gasteiger charge is -2.23. The van der Waals surface area contributed by atoms with E-state index in [-0.39, 0.29) is 37.4 Å². The molecule has 0 atom stereocenters. The number of nitrogens with zero attached hydrogens (tertiary/aromatic N) is 1. The quantitative estimate of drug-likeness (QED) is 0.623. The zero-order chi connectivity index (χ0) is 17.9. The van der Waals surface area contributed by atoms with Crippen molar-refractivity contribution in [1.82, 2.24) is 4.90 Å². The maximum atomic E-state index is 12.6. The van der Waals surface area contributed by atoms with E-state index in [1.54, 1.807) is 4.90 Å². The molecule has 0 saturated heterocycles. The lowest BCUT2D eigenvalue weighted by Crippen LogP contribution is -2.30. The molecule has 25 heavy (non-hydrogen) atoms. The van der Waals surface area contributed by atoms with Crippen molar-refractivity contribution in [1.29, 1.82) is 0 Å². The summed E-state index contributed by atoms with van der Waals surface area (Å²) in [6.45, 7) is 1.02. The summed E-state index contributed by atoms with van der Waals surface area (Å²) in [5.41, 5.74) is 2.11. The van der Waals surface area contributed by atoms with Crippen LogP contribution in [0.2, 0.25) is 0 Å². The minimum absolute atomic E-state index is 0.0418. The predicted molar refractivity (Wildman–Crippen MR) is 96.7 cm³/mol. The number of aldehydes is 1. The minimum Gasteiger partial charge on any atom is -0.334 e. The monoisotopic (exact) mass is 337 g/mol. The molecule has 2 aromatic carbocycles. The minimum atomic E-state index is -0.0489. The first-order chi connectivity index (χ1) is 12.2. The maximum Gasteiger partial charge on any atom is 0.223 e. The first-order valence-electron chi connectivity index (χ1n) is 8.50. The molecule has 2 rings (SSSR count). The van der Waals surface area contributed by atoms with Gasteiger partial charge in [-0.25, -0.2) is 0 Å². The molecule has 130 valence electrons. The van der Waals surface area contributed by atoms with E-state index in [0.717, 1.165) is 17.4 Å². The third kappa shape index (κ3) is 6.71. The standard InChI is InChI=1S/C21H23NO3/c23-15-7-12-20(24)13-14-21(25)22(16-18-8-3-1-4-9-18)17-19-10-5-2-6-11-19/h1-6,8-11,15H,7,12-14,16-17H2. The zero-order valence-electron chi connectivity index (χ0n) is 14.3. The highest BCUT2D eigenvalue weighted by Gasteiger charge is 2.16. The molecule has 0 unspecified atom stereocenters. The molecular formula is C21H23NO3. The van der Waals surface area contributed by atoms with Crippen LogP contribution in [0.4, 0.5) is 0 Å². The van der Waals surface area contributed by atoms with Crippen molar-refractivity contribution in [3.8, 4) is 0 Å². The summed E-state index contributed by atoms with van der Waals surface area (Å²) < 4.78 is 0. The molecule has 4 nitrogen and oxygen atoms in total. The Bertz CT molecular complexity index is 641. The third-order valence-corrected chi connectivity index (χ3v) is 3.94. The van der Waals surface area contributed by atoms with Crippen LogP contribution in [0.5, 0.6) is 0 Å². The van der Waals surface area contributed by atoms with Gasteiger partial charge in [-0.15, -0.1) is 0 Å². The van der Waals surface area contributed by atoms with Gasteiger partial charge < -0.3 is 9.69 Å². The number of carbonyl (C=O) groups is 3. The first-order valence-corrected chi connectivity index (χ1v) is 8.50. The molecule has 0 bridgehead atoms. The smallest absolute Gasteiger partial charge is 0.223 e. The first kappa shape index (κ1) is 18.6. The van der Waals surface area contributed by atoms with Crippen LogP contribution in [0, 0.1) is 0 Å². The highest BCUT2D eigenvalue weighted by Crippen LogP contribution is 2.13. The van der Waals surface area contributed by atoms with Gasteiger partial charge in [0.15, 0.2) is 0 Å². The van der Waals surface area contributed by atoms with E-state index in [0.29, 0.717) is 13.1 Å². The topological polar surface area (TPSA) is 54.5 Å². The van der Waals surface area contributed by atoms with Gasteiger partial charge in [-0.3, -0.25) is 9.59 Å². The molecule has 0 spiro atoms. The van der Waals surface area contributed by atoms with Gasteiger partial charge in [-0.2, -0.15) is 0 Å². The van der Waals surface area contributed by atoms with Crippen LogP contribution in [0.25, 0.3) is 0 Å². The number of rotatable bonds is 10. The SMILES string of the molecule is O=CCCC(=O)CCC(=O)N(Cc1ccccc1)Cc1ccccc1. The number of ketones is 1. The number of Topliss-reactive ketones (excluding diaryl/α,β-unsaturated/α-hetero) is 1. The molecular weight excluding hydrogens is 314 g/mol. The third-order valence-electron chi connectivity index (χ3n) is 3.94. The molecule has 0 aliphatic heterocycles. The molecule has 4 heteroatoms. The molecule has 0 radical (unpaired) electrons. The molecule has 2 aromatic rings. The van der Waals surface area contributed by atoms with Crippen LogP contribution in [-0.2, 0) is 27.5 Å². The van der Waals surface area contributed by atoms with E-state index >= 15 is 0 Å². The van der Waals surface area contributed by atoms with Crippen LogP contribution < -0.4 is 0 Å². The van der Waals surface area contributed by atoms with Crippen molar-refractivity contribution in [2.45, 2.75) is 38.8 Å². The second-order valence-corrected chi connectivity index (χ2v) is 5.97. The van der Waals surface area contributed by atoms with E-state index < -0.39 is 0 Å². The fraction of sp³-hybridized carbons (Fsp3) is 0.286. The highest BCUT2D eigenvalue weighted by molar-refractivity contribution is 5.85. The van der Waals surface area contributed by atoms with Crippen LogP contribution in [0.1, 0.15) is 36.8 Å². The number of carbonyl (C=O) groups excluding carboxylic acids is 3. The Kier molecular flexibility index (Phi) is 7.57. The van der Waals surface area contributed by atoms with Crippen molar-refractivity contribution in [3.05, 3.63) is 71.8 Å². The van der Waals surface area contributed by atoms with Crippen molar-refractivity contribution >= 4 is 18.0 Å². The highest BCUT2D eigenvalue weighted by atomic mass is 16.2. The number of benzene rings is 2. The van der Waals surface area contributed by atoms with E-state index in [1.807, 2.05) is 60.7 Å². The van der Waals surface area contributed by atoms with Crippen LogP contribution in [0.15, 0.2) is 60.7 Å². The molecule has 1 amide bonds. The van der Waals surface area contributed by atoms with Crippen molar-refractivity contribution in [3.63, 3.8) is 0 Å². The zero-order valence-corrected chi connectivity index (χ0v) is 14.3. The summed E-state index contributed by atoms with van der Waals surface area (Å²) in [6.07, 6.45) is 1.54. The lowest BCUT2D eigenvalue weighted by atomic mass is 10.1. The summed E-state index contributed by atoms with van der Waals surface area (Å²) in [6, 6.07) is 19.6. The van der Waals surface area contributed by atoms with Crippen molar-refractivity contribution < 1.29 is 14.4 Å². The molecule has 0 aliphatic rings. The van der Waals surface area contributed by atoms with Crippen LogP contribution >= 0.6 is 0 Å². The Morgan fingerprint density at radius 3 is 1.76 bits per heavy atom. The Labute approximate surface area is 148 Å². The molecule has 0 saturated carbocycles. The molecule has 0 aliphatic carbocycles. The van der Waals surface area contributed by atoms with E-state index in [9.17, 15) is 14.4 Å². The lowest BCUT2D eigenvalue weighted by molar-refractivity contribution is -0.134. The van der Waals surface area contributed by atoms with Gasteiger partial charge in [0.25, 0.3) is 0 Å². The van der Waals surface area contributed by atoms with Crippen molar-refractivity contribution in [2.75, 3.05) is 0 Å². The van der Waals surface area contributed by atoms with Gasteiger partial charge in [0, 0.05) is 38.8 Å². The van der Waals surface area contributed by atoms with Gasteiger partial charge in [0.1, 0.15) is 12.1 Å². The van der Waals surface area contributed by atoms with Gasteiger partial charge in [0.2, 0.25) is 5.91 Å². The normalized spacial score (nSPS) is 10.2. The second kappa shape index (κ2) is 10.2. The maximum absolute atomic E-state index is 12.6. The van der Waals surface area contributed by atoms with E-state index in [4.69, 9.17) is 0 Å². The van der Waals surface area contributed by atoms with Gasteiger partial charge in [-0.1, -0.05) is 60.7 Å². The Hall–Kier alpha value is -2.75. The van der Waals surface area contributed by atoms with Gasteiger partial charge in [0.05, 0.1) is 0 Å². The average Bonchev–Trinajstić information content (AvgIpc) is 2.65. The van der Waals surface area contributed by atoms with Crippen LogP contribution in [-0.4, -0.2) is 22.9 Å². The fourth-order valence-corrected chi connectivity index (χ4v) is 2.59. The van der Waals surface area contributed by atoms with E-state index in [1.165, 1.54) is 0 Å². The van der Waals surface area contributed by atoms with Gasteiger partial charge in [-0.05, 0) is 11.1 Å². The second-order valence-electron chi connectivity index (χ2n) is 5.97. The Morgan fingerprint density at radius 1 is 0.760 bits per heavy atom. The number of hydrogen-bond acceptors (Lipinski definition) is 3. The Balaban J connectivity index is 2.01. The van der Waals surface area contributed by atoms with Gasteiger partial charge >= 0.3 is 0 Å². The fourth-order valence-electron chi connectivity index (χ4n) is 2.59. The number of amides is 1. The number of hydrogen-bond donors (Lipinski definition) is 0. The summed E-state index contributed by atoms with van der Waals surface area (Å²) in [5, 5.41) is 0. The molecule has 0 aromatic heterocycles. The van der Waals surface area contributed by atoms with Crippen molar-refractivity contribution in [2.24, 2.45) is 0 Å². The molecule has 0 fully saturated rings. The molecule has 0 N–H and O–H groups in total. The summed E-state index contributed by atoms with van der Waals surface area (Å²) in [4.78, 5) is 36.5. The average molecular weight is 337 g/mol. The predicted octanol–water partition coefficient (Wildman–Crippen LogP) is 3.54. The van der Waals surface area contributed by atoms with Crippen LogP contribution in [0.3, 0.4) is 0 Å². The Morgan fingerprint density at radius 2 is 1.28 bits per heavy atom. The summed E-state index contributed by atoms with van der Waals surface area (Å²) in [7, 11) is 0. The summed E-state index contributed by atoms with van der Waals surface area (Å²) in [5.74, 6) is -0.0908.